The number of hydrogen-bond acceptors (Lipinski definition) is 5. The first-order valence-corrected chi connectivity index (χ1v) is 9.68. The number of hydrogen-bond donors (Lipinski definition) is 2. The van der Waals surface area contributed by atoms with E-state index >= 15 is 0 Å². The van der Waals surface area contributed by atoms with Crippen LogP contribution >= 0.6 is 0 Å². The number of benzene rings is 2. The Labute approximate surface area is 167 Å². The first-order valence-electron chi connectivity index (χ1n) is 9.68. The highest BCUT2D eigenvalue weighted by atomic mass is 16.5. The minimum atomic E-state index is -1.08. The molecule has 1 fully saturated rings. The fourth-order valence-corrected chi connectivity index (χ4v) is 4.13. The maximum Gasteiger partial charge on any atom is 0.322 e. The van der Waals surface area contributed by atoms with Gasteiger partial charge in [-0.05, 0) is 42.9 Å². The van der Waals surface area contributed by atoms with Crippen molar-refractivity contribution in [3.63, 3.8) is 0 Å². The van der Waals surface area contributed by atoms with E-state index in [9.17, 15) is 9.59 Å². The molecule has 0 bridgehead atoms. The second kappa shape index (κ2) is 6.55. The topological polar surface area (TPSA) is 97.1 Å². The summed E-state index contributed by atoms with van der Waals surface area (Å²) in [5, 5.41) is 9.09. The number of nitrogens with one attached hydrogen (secondary N) is 2. The molecule has 1 aliphatic heterocycles. The summed E-state index contributed by atoms with van der Waals surface area (Å²) in [6, 6.07) is 15.3. The summed E-state index contributed by atoms with van der Waals surface area (Å²) in [5.41, 5.74) is 3.16. The molecule has 29 heavy (non-hydrogen) atoms. The summed E-state index contributed by atoms with van der Waals surface area (Å²) in [4.78, 5) is 28.2. The van der Waals surface area contributed by atoms with Gasteiger partial charge in [0.1, 0.15) is 5.54 Å². The Kier molecular flexibility index (Phi) is 3.97. The molecule has 1 saturated heterocycles. The van der Waals surface area contributed by atoms with E-state index in [2.05, 4.69) is 45.0 Å². The van der Waals surface area contributed by atoms with E-state index in [4.69, 9.17) is 4.52 Å². The Balaban J connectivity index is 1.36. The van der Waals surface area contributed by atoms with Crippen LogP contribution in [0.25, 0.3) is 11.4 Å². The first-order chi connectivity index (χ1) is 14.0. The van der Waals surface area contributed by atoms with Crippen molar-refractivity contribution in [2.45, 2.75) is 37.6 Å². The molecule has 146 valence electrons. The number of fused-ring (bicyclic) bond motifs is 1. The summed E-state index contributed by atoms with van der Waals surface area (Å²) in [7, 11) is 0. The third-order valence-corrected chi connectivity index (χ3v) is 5.90. The highest BCUT2D eigenvalue weighted by molar-refractivity contribution is 6.07. The van der Waals surface area contributed by atoms with Gasteiger partial charge in [-0.25, -0.2) is 4.79 Å². The SMILES string of the molecule is CC1(c2ccc(-c3noc(C4CCc5ccccc5C4)n3)cc2)NC(=O)NC1=O. The maximum absolute atomic E-state index is 12.1. The Morgan fingerprint density at radius 1 is 1.07 bits per heavy atom. The van der Waals surface area contributed by atoms with Gasteiger partial charge in [-0.3, -0.25) is 10.1 Å². The molecule has 2 atom stereocenters. The number of nitrogens with zero attached hydrogens (tertiary/aromatic N) is 2. The average molecular weight is 388 g/mol. The minimum Gasteiger partial charge on any atom is -0.339 e. The lowest BCUT2D eigenvalue weighted by atomic mass is 9.84. The first kappa shape index (κ1) is 17.6. The molecule has 2 aromatic carbocycles. The maximum atomic E-state index is 12.1. The van der Waals surface area contributed by atoms with E-state index in [0.29, 0.717) is 17.3 Å². The van der Waals surface area contributed by atoms with E-state index in [1.165, 1.54) is 11.1 Å². The van der Waals surface area contributed by atoms with Crippen molar-refractivity contribution in [2.24, 2.45) is 0 Å². The Bertz CT molecular complexity index is 1110. The lowest BCUT2D eigenvalue weighted by molar-refractivity contribution is -0.123. The van der Waals surface area contributed by atoms with Crippen LogP contribution in [0.3, 0.4) is 0 Å². The van der Waals surface area contributed by atoms with Gasteiger partial charge in [0.2, 0.25) is 11.7 Å². The largest absolute Gasteiger partial charge is 0.339 e. The molecule has 5 rings (SSSR count). The number of rotatable bonds is 3. The van der Waals surface area contributed by atoms with Crippen LogP contribution in [-0.2, 0) is 23.2 Å². The standard InChI is InChI=1S/C22H20N4O3/c1-22(20(27)24-21(28)25-22)17-10-8-14(9-11-17)18-23-19(29-26-18)16-7-6-13-4-2-3-5-15(13)12-16/h2-5,8-11,16H,6-7,12H2,1H3,(H2,24,25,27,28). The molecule has 0 saturated carbocycles. The Morgan fingerprint density at radius 2 is 1.83 bits per heavy atom. The van der Waals surface area contributed by atoms with Crippen molar-refractivity contribution in [3.05, 3.63) is 71.1 Å². The molecule has 7 nitrogen and oxygen atoms in total. The third kappa shape index (κ3) is 2.99. The highest BCUT2D eigenvalue weighted by Crippen LogP contribution is 2.33. The molecule has 0 spiro atoms. The van der Waals surface area contributed by atoms with Gasteiger partial charge in [-0.1, -0.05) is 53.7 Å². The van der Waals surface area contributed by atoms with Crippen LogP contribution in [0, 0.1) is 0 Å². The number of aromatic nitrogens is 2. The number of imide groups is 1. The summed E-state index contributed by atoms with van der Waals surface area (Å²) < 4.78 is 5.57. The number of aryl methyl sites for hydroxylation is 1. The van der Waals surface area contributed by atoms with E-state index in [1.54, 1.807) is 19.1 Å². The average Bonchev–Trinajstić information content (AvgIpc) is 3.33. The Morgan fingerprint density at radius 3 is 2.55 bits per heavy atom. The predicted octanol–water partition coefficient (Wildman–Crippen LogP) is 3.06. The molecule has 1 aliphatic carbocycles. The Hall–Kier alpha value is -3.48. The summed E-state index contributed by atoms with van der Waals surface area (Å²) in [6.45, 7) is 1.68. The van der Waals surface area contributed by atoms with Crippen molar-refractivity contribution in [3.8, 4) is 11.4 Å². The molecule has 0 radical (unpaired) electrons. The van der Waals surface area contributed by atoms with Crippen LogP contribution in [0.4, 0.5) is 4.79 Å². The summed E-state index contributed by atoms with van der Waals surface area (Å²) in [5.74, 6) is 1.04. The molecule has 1 aromatic heterocycles. The fourth-order valence-electron chi connectivity index (χ4n) is 4.13. The van der Waals surface area contributed by atoms with Crippen LogP contribution in [0.15, 0.2) is 53.1 Å². The van der Waals surface area contributed by atoms with E-state index < -0.39 is 11.6 Å². The fraction of sp³-hybridized carbons (Fsp3) is 0.273. The smallest absolute Gasteiger partial charge is 0.322 e. The van der Waals surface area contributed by atoms with Gasteiger partial charge >= 0.3 is 6.03 Å². The van der Waals surface area contributed by atoms with Gasteiger partial charge in [0.15, 0.2) is 0 Å². The van der Waals surface area contributed by atoms with Crippen LogP contribution in [0.1, 0.15) is 41.8 Å². The van der Waals surface area contributed by atoms with Crippen molar-refractivity contribution >= 4 is 11.9 Å². The van der Waals surface area contributed by atoms with Gasteiger partial charge in [-0.15, -0.1) is 0 Å². The molecular formula is C22H20N4O3. The van der Waals surface area contributed by atoms with Crippen LogP contribution in [0.5, 0.6) is 0 Å². The third-order valence-electron chi connectivity index (χ3n) is 5.90. The molecule has 2 heterocycles. The summed E-state index contributed by atoms with van der Waals surface area (Å²) >= 11 is 0. The lowest BCUT2D eigenvalue weighted by Crippen LogP contribution is -2.40. The molecule has 3 amide bonds. The van der Waals surface area contributed by atoms with Gasteiger partial charge in [-0.2, -0.15) is 4.98 Å². The van der Waals surface area contributed by atoms with Gasteiger partial charge in [0.25, 0.3) is 5.91 Å². The van der Waals surface area contributed by atoms with Gasteiger partial charge in [0.05, 0.1) is 0 Å². The number of carbonyl (C=O) groups is 2. The number of carbonyl (C=O) groups excluding carboxylic acids is 2. The van der Waals surface area contributed by atoms with E-state index in [-0.39, 0.29) is 11.8 Å². The number of urea groups is 1. The highest BCUT2D eigenvalue weighted by Gasteiger charge is 2.43. The van der Waals surface area contributed by atoms with E-state index in [1.807, 2.05) is 12.1 Å². The van der Waals surface area contributed by atoms with Gasteiger partial charge in [0, 0.05) is 11.5 Å². The van der Waals surface area contributed by atoms with Crippen molar-refractivity contribution in [2.75, 3.05) is 0 Å². The molecule has 2 N–H and O–H groups in total. The monoisotopic (exact) mass is 388 g/mol. The zero-order chi connectivity index (χ0) is 20.0. The van der Waals surface area contributed by atoms with Crippen molar-refractivity contribution in [1.82, 2.24) is 20.8 Å². The quantitative estimate of drug-likeness (QED) is 0.672. The minimum absolute atomic E-state index is 0.224. The molecule has 3 aromatic rings. The molecular weight excluding hydrogens is 368 g/mol. The van der Waals surface area contributed by atoms with Crippen LogP contribution in [0.2, 0.25) is 0 Å². The lowest BCUT2D eigenvalue weighted by Gasteiger charge is -2.21. The molecule has 7 heteroatoms. The van der Waals surface area contributed by atoms with Crippen molar-refractivity contribution in [1.29, 1.82) is 0 Å². The normalized spacial score (nSPS) is 23.4. The second-order valence-corrected chi connectivity index (χ2v) is 7.78. The number of amides is 3. The zero-order valence-electron chi connectivity index (χ0n) is 15.9. The summed E-state index contributed by atoms with van der Waals surface area (Å²) in [6.07, 6.45) is 2.91. The van der Waals surface area contributed by atoms with Crippen LogP contribution < -0.4 is 10.6 Å². The molecule has 2 aliphatic rings. The van der Waals surface area contributed by atoms with E-state index in [0.717, 1.165) is 24.8 Å². The van der Waals surface area contributed by atoms with Crippen molar-refractivity contribution < 1.29 is 14.1 Å². The second-order valence-electron chi connectivity index (χ2n) is 7.78. The van der Waals surface area contributed by atoms with Crippen LogP contribution in [-0.4, -0.2) is 22.1 Å². The molecule has 2 unspecified atom stereocenters. The van der Waals surface area contributed by atoms with Gasteiger partial charge < -0.3 is 9.84 Å². The zero-order valence-corrected chi connectivity index (χ0v) is 15.9. The predicted molar refractivity (Wildman–Crippen MR) is 105 cm³/mol.